The molecule has 0 saturated heterocycles. The van der Waals surface area contributed by atoms with Gasteiger partial charge >= 0.3 is 6.09 Å². The van der Waals surface area contributed by atoms with Gasteiger partial charge in [-0.3, -0.25) is 10.1 Å². The number of carbonyl (C=O) groups excluding carboxylic acids is 2. The number of amides is 2. The van der Waals surface area contributed by atoms with Crippen molar-refractivity contribution in [3.8, 4) is 29.1 Å². The monoisotopic (exact) mass is 962 g/mol. The second kappa shape index (κ2) is 23.2. The van der Waals surface area contributed by atoms with Gasteiger partial charge in [0.05, 0.1) is 49.8 Å². The Morgan fingerprint density at radius 1 is 0.930 bits per heavy atom. The molecule has 3 aliphatic rings. The van der Waals surface area contributed by atoms with E-state index in [0.717, 1.165) is 46.7 Å². The number of ether oxygens (including phenoxy) is 5. The van der Waals surface area contributed by atoms with Crippen molar-refractivity contribution in [3.63, 3.8) is 0 Å². The van der Waals surface area contributed by atoms with Gasteiger partial charge in [0.1, 0.15) is 35.6 Å². The normalized spacial score (nSPS) is 21.4. The van der Waals surface area contributed by atoms with Crippen molar-refractivity contribution >= 4 is 34.2 Å². The first-order chi connectivity index (χ1) is 34.7. The Morgan fingerprint density at radius 2 is 1.69 bits per heavy atom. The molecule has 8 rings (SSSR count). The summed E-state index contributed by atoms with van der Waals surface area (Å²) in [5.74, 6) is -1.26. The number of rotatable bonds is 21. The maximum Gasteiger partial charge on any atom is 0.417 e. The number of methoxy groups -OCH3 is 2. The van der Waals surface area contributed by atoms with Crippen LogP contribution in [0.4, 0.5) is 10.5 Å². The van der Waals surface area contributed by atoms with Crippen molar-refractivity contribution in [1.82, 2.24) is 4.90 Å². The molecule has 2 aliphatic carbocycles. The van der Waals surface area contributed by atoms with Crippen LogP contribution in [0.1, 0.15) is 84.8 Å². The van der Waals surface area contributed by atoms with E-state index in [1.165, 1.54) is 7.11 Å². The lowest BCUT2D eigenvalue weighted by Gasteiger charge is -2.60. The minimum Gasteiger partial charge on any atom is -0.497 e. The van der Waals surface area contributed by atoms with Crippen LogP contribution in [0, 0.1) is 29.1 Å². The SMILES string of the molecule is C=CCO[C@@]12Oc3ccc(OC(=O)Nc4ccc(OC)cc4OC)cc3[C@H]3[C@H](CCCCO)[C@@H](CCCCO)C=C(C(=NOCC)C[C@@H]1N(Cc1cccc4ccccc14)C(=O)c1ccc(C#N)cc1)[C@H]32. The van der Waals surface area contributed by atoms with Crippen LogP contribution >= 0.6 is 0 Å². The zero-order chi connectivity index (χ0) is 49.9. The fourth-order valence-electron chi connectivity index (χ4n) is 10.8. The van der Waals surface area contributed by atoms with Crippen LogP contribution in [-0.2, 0) is 16.1 Å². The first kappa shape index (κ1) is 50.2. The van der Waals surface area contributed by atoms with Crippen molar-refractivity contribution in [2.24, 2.45) is 22.9 Å². The molecule has 5 aromatic rings. The number of hydrogen-bond donors (Lipinski definition) is 3. The van der Waals surface area contributed by atoms with Crippen LogP contribution in [0.25, 0.3) is 10.8 Å². The number of nitrogens with zero attached hydrogens (tertiary/aromatic N) is 3. The number of oxime groups is 1. The van der Waals surface area contributed by atoms with Crippen molar-refractivity contribution in [2.75, 3.05) is 46.0 Å². The molecular formula is C57H62N4O10. The number of allylic oxidation sites excluding steroid dienone is 1. The summed E-state index contributed by atoms with van der Waals surface area (Å²) >= 11 is 0. The third-order valence-electron chi connectivity index (χ3n) is 13.9. The van der Waals surface area contributed by atoms with Crippen LogP contribution in [0.5, 0.6) is 23.0 Å². The van der Waals surface area contributed by atoms with E-state index >= 15 is 4.79 Å². The van der Waals surface area contributed by atoms with Gasteiger partial charge in [0.15, 0.2) is 0 Å². The molecule has 14 heteroatoms. The minimum absolute atomic E-state index is 0.0228. The summed E-state index contributed by atoms with van der Waals surface area (Å²) in [6.07, 6.45) is 7.56. The Morgan fingerprint density at radius 3 is 2.42 bits per heavy atom. The number of unbranched alkanes of at least 4 members (excludes halogenated alkanes) is 2. The van der Waals surface area contributed by atoms with E-state index in [1.54, 1.807) is 67.8 Å². The zero-order valence-corrected chi connectivity index (χ0v) is 40.6. The highest BCUT2D eigenvalue weighted by Gasteiger charge is 2.65. The highest BCUT2D eigenvalue weighted by atomic mass is 16.7. The fraction of sp³-hybridized carbons (Fsp3) is 0.368. The summed E-state index contributed by atoms with van der Waals surface area (Å²) < 4.78 is 31.6. The predicted octanol–water partition coefficient (Wildman–Crippen LogP) is 10.3. The maximum absolute atomic E-state index is 15.6. The molecule has 0 spiro atoms. The molecular weight excluding hydrogens is 901 g/mol. The Kier molecular flexibility index (Phi) is 16.4. The summed E-state index contributed by atoms with van der Waals surface area (Å²) in [5, 5.41) is 39.5. The van der Waals surface area contributed by atoms with Gasteiger partial charge < -0.3 is 43.6 Å². The summed E-state index contributed by atoms with van der Waals surface area (Å²) in [6.45, 7) is 6.56. The molecule has 1 heterocycles. The molecule has 370 valence electrons. The Balaban J connectivity index is 1.33. The average Bonchev–Trinajstić information content (AvgIpc) is 3.40. The lowest BCUT2D eigenvalue weighted by Crippen LogP contribution is -2.70. The fourth-order valence-corrected chi connectivity index (χ4v) is 10.8. The summed E-state index contributed by atoms with van der Waals surface area (Å²) in [5.41, 5.74) is 4.39. The Hall–Kier alpha value is -7.18. The van der Waals surface area contributed by atoms with Gasteiger partial charge in [-0.1, -0.05) is 72.6 Å². The van der Waals surface area contributed by atoms with Gasteiger partial charge in [0, 0.05) is 49.3 Å². The van der Waals surface area contributed by atoms with Crippen molar-refractivity contribution in [1.29, 1.82) is 5.26 Å². The lowest BCUT2D eigenvalue weighted by atomic mass is 9.55. The number of fused-ring (bicyclic) bond motifs is 3. The lowest BCUT2D eigenvalue weighted by molar-refractivity contribution is -0.255. The van der Waals surface area contributed by atoms with Gasteiger partial charge in [-0.05, 0) is 121 Å². The van der Waals surface area contributed by atoms with Crippen LogP contribution < -0.4 is 24.3 Å². The number of nitrogens with one attached hydrogen (secondary N) is 1. The zero-order valence-electron chi connectivity index (χ0n) is 40.6. The van der Waals surface area contributed by atoms with Crippen LogP contribution in [0.3, 0.4) is 0 Å². The molecule has 0 unspecified atom stereocenters. The highest BCUT2D eigenvalue weighted by molar-refractivity contribution is 6.04. The molecule has 6 atom stereocenters. The number of aliphatic hydroxyl groups excluding tert-OH is 2. The minimum atomic E-state index is -1.56. The molecule has 71 heavy (non-hydrogen) atoms. The average molecular weight is 963 g/mol. The third-order valence-corrected chi connectivity index (χ3v) is 13.9. The van der Waals surface area contributed by atoms with Crippen molar-refractivity contribution in [2.45, 2.75) is 76.2 Å². The topological polar surface area (TPSA) is 181 Å². The standard InChI is InChI=1S/C57H62N4O10/c1-5-30-68-57-52(61(55(64)39-22-20-37(35-58)21-23-39)36-41-17-13-16-38-14-7-8-18-44(38)41)34-49(60-69-6-2)46-31-40(15-9-11-28-62)45(19-10-12-29-63)53(54(46)57)47-32-43(25-27-50(47)71-57)70-56(65)59-48-26-24-42(66-3)33-51(48)67-4/h5,7-8,13-14,16-18,20-27,31-33,40,45,52-54,62-63H,1,6,9-12,15,19,28-30,34,36H2,2-4H3,(H,59,65)/t40-,45+,52-,53+,54+,57+/m0/s1. The van der Waals surface area contributed by atoms with Crippen LogP contribution in [0.15, 0.2) is 133 Å². The number of benzene rings is 5. The molecule has 3 N–H and O–H groups in total. The summed E-state index contributed by atoms with van der Waals surface area (Å²) in [4.78, 5) is 37.1. The maximum atomic E-state index is 15.6. The van der Waals surface area contributed by atoms with E-state index in [-0.39, 0.29) is 62.2 Å². The molecule has 1 saturated carbocycles. The second-order valence-corrected chi connectivity index (χ2v) is 18.0. The van der Waals surface area contributed by atoms with Gasteiger partial charge in [0.2, 0.25) is 5.79 Å². The molecule has 5 aromatic carbocycles. The molecule has 0 bridgehead atoms. The van der Waals surface area contributed by atoms with Crippen LogP contribution in [-0.4, -0.2) is 85.3 Å². The van der Waals surface area contributed by atoms with E-state index < -0.39 is 23.8 Å². The first-order valence-corrected chi connectivity index (χ1v) is 24.4. The van der Waals surface area contributed by atoms with Crippen molar-refractivity contribution < 1.29 is 48.3 Å². The van der Waals surface area contributed by atoms with E-state index in [4.69, 9.17) is 33.7 Å². The number of hydrogen-bond acceptors (Lipinski definition) is 12. The second-order valence-electron chi connectivity index (χ2n) is 18.0. The van der Waals surface area contributed by atoms with Gasteiger partial charge in [0.25, 0.3) is 5.91 Å². The van der Waals surface area contributed by atoms with Gasteiger partial charge in [-0.25, -0.2) is 4.79 Å². The number of carbonyl (C=O) groups is 2. The van der Waals surface area contributed by atoms with Gasteiger partial charge in [-0.2, -0.15) is 5.26 Å². The summed E-state index contributed by atoms with van der Waals surface area (Å²) in [6, 6.07) is 32.5. The molecule has 1 aliphatic heterocycles. The summed E-state index contributed by atoms with van der Waals surface area (Å²) in [7, 11) is 3.05. The van der Waals surface area contributed by atoms with Crippen LogP contribution in [0.2, 0.25) is 0 Å². The quantitative estimate of drug-likeness (QED) is 0.0362. The van der Waals surface area contributed by atoms with E-state index in [9.17, 15) is 20.3 Å². The molecule has 14 nitrogen and oxygen atoms in total. The molecule has 2 amide bonds. The first-order valence-electron chi connectivity index (χ1n) is 24.4. The number of nitriles is 1. The highest BCUT2D eigenvalue weighted by Crippen LogP contribution is 2.62. The van der Waals surface area contributed by atoms with Gasteiger partial charge in [-0.15, -0.1) is 6.58 Å². The third kappa shape index (κ3) is 10.6. The molecule has 0 aromatic heterocycles. The predicted molar refractivity (Wildman–Crippen MR) is 271 cm³/mol. The Labute approximate surface area is 415 Å². The Bertz CT molecular complexity index is 2800. The number of aliphatic hydroxyl groups is 2. The number of anilines is 1. The van der Waals surface area contributed by atoms with E-state index in [2.05, 4.69) is 30.1 Å². The van der Waals surface area contributed by atoms with E-state index in [1.807, 2.05) is 54.3 Å². The van der Waals surface area contributed by atoms with Crippen molar-refractivity contribution in [3.05, 3.63) is 150 Å². The largest absolute Gasteiger partial charge is 0.497 e. The smallest absolute Gasteiger partial charge is 0.417 e. The molecule has 0 radical (unpaired) electrons. The van der Waals surface area contributed by atoms with E-state index in [0.29, 0.717) is 65.6 Å². The molecule has 1 fully saturated rings.